The lowest BCUT2D eigenvalue weighted by molar-refractivity contribution is -0.142. The van der Waals surface area contributed by atoms with Gasteiger partial charge < -0.3 is 4.74 Å². The van der Waals surface area contributed by atoms with Gasteiger partial charge in [0.15, 0.2) is 0 Å². The van der Waals surface area contributed by atoms with E-state index in [4.69, 9.17) is 4.74 Å². The molecule has 104 valence electrons. The molecule has 2 aromatic rings. The molecule has 0 fully saturated rings. The quantitative estimate of drug-likeness (QED) is 0.787. The molecule has 1 heterocycles. The number of hydrogen-bond acceptors (Lipinski definition) is 3. The lowest BCUT2D eigenvalue weighted by Crippen LogP contribution is -2.25. The Labute approximate surface area is 120 Å². The van der Waals surface area contributed by atoms with Crippen LogP contribution in [0.4, 0.5) is 0 Å². The number of thiophene rings is 1. The Hall–Kier alpha value is -1.00. The SMILES string of the molecule is CCOC(=O)C(C)S(C)(C)c1cc2ccccc2s1. The molecule has 1 aromatic carbocycles. The molecule has 0 amide bonds. The second-order valence-corrected chi connectivity index (χ2v) is 10.2. The van der Waals surface area contributed by atoms with Crippen LogP contribution in [0.2, 0.25) is 0 Å². The van der Waals surface area contributed by atoms with E-state index in [2.05, 4.69) is 42.8 Å². The summed E-state index contributed by atoms with van der Waals surface area (Å²) in [7, 11) is -1.18. The first kappa shape index (κ1) is 14.4. The predicted octanol–water partition coefficient (Wildman–Crippen LogP) is 4.28. The van der Waals surface area contributed by atoms with Crippen molar-refractivity contribution in [1.82, 2.24) is 0 Å². The van der Waals surface area contributed by atoms with Crippen molar-refractivity contribution in [3.05, 3.63) is 30.3 Å². The van der Waals surface area contributed by atoms with Crippen molar-refractivity contribution in [3.63, 3.8) is 0 Å². The van der Waals surface area contributed by atoms with Crippen molar-refractivity contribution in [1.29, 1.82) is 0 Å². The van der Waals surface area contributed by atoms with Gasteiger partial charge in [-0.25, -0.2) is 0 Å². The highest BCUT2D eigenvalue weighted by atomic mass is 32.3. The molecule has 2 rings (SSSR count). The van der Waals surface area contributed by atoms with Crippen molar-refractivity contribution in [3.8, 4) is 0 Å². The van der Waals surface area contributed by atoms with E-state index in [1.165, 1.54) is 14.3 Å². The average Bonchev–Trinajstić information content (AvgIpc) is 2.82. The van der Waals surface area contributed by atoms with Gasteiger partial charge in [-0.05, 0) is 43.9 Å². The molecular weight excluding hydrogens is 276 g/mol. The van der Waals surface area contributed by atoms with Crippen molar-refractivity contribution >= 4 is 37.4 Å². The zero-order chi connectivity index (χ0) is 14.0. The molecule has 0 aliphatic carbocycles. The fourth-order valence-electron chi connectivity index (χ4n) is 1.89. The maximum atomic E-state index is 12.0. The highest BCUT2D eigenvalue weighted by molar-refractivity contribution is 8.34. The Balaban J connectivity index is 2.34. The number of hydrogen-bond donors (Lipinski definition) is 0. The molecule has 0 aliphatic heterocycles. The van der Waals surface area contributed by atoms with Gasteiger partial charge in [0.1, 0.15) is 0 Å². The van der Waals surface area contributed by atoms with Gasteiger partial charge in [0.25, 0.3) is 0 Å². The molecule has 0 saturated carbocycles. The maximum absolute atomic E-state index is 12.0. The molecule has 0 bridgehead atoms. The van der Waals surface area contributed by atoms with Crippen LogP contribution in [0.5, 0.6) is 0 Å². The Kier molecular flexibility index (Phi) is 4.21. The summed E-state index contributed by atoms with van der Waals surface area (Å²) in [4.78, 5) is 12.0. The molecule has 2 nitrogen and oxygen atoms in total. The van der Waals surface area contributed by atoms with Crippen LogP contribution in [0.15, 0.2) is 34.5 Å². The van der Waals surface area contributed by atoms with Gasteiger partial charge in [0, 0.05) is 8.91 Å². The normalized spacial score (nSPS) is 14.3. The van der Waals surface area contributed by atoms with Crippen LogP contribution < -0.4 is 0 Å². The zero-order valence-electron chi connectivity index (χ0n) is 11.8. The van der Waals surface area contributed by atoms with Crippen molar-refractivity contribution in [2.24, 2.45) is 0 Å². The van der Waals surface area contributed by atoms with E-state index >= 15 is 0 Å². The third-order valence-corrected chi connectivity index (χ3v) is 8.99. The molecule has 0 N–H and O–H groups in total. The summed E-state index contributed by atoms with van der Waals surface area (Å²) < 4.78 is 7.77. The topological polar surface area (TPSA) is 26.3 Å². The second-order valence-electron chi connectivity index (χ2n) is 4.90. The molecule has 1 atom stereocenters. The first-order valence-corrected chi connectivity index (χ1v) is 9.67. The highest BCUT2D eigenvalue weighted by Crippen LogP contribution is 2.57. The zero-order valence-corrected chi connectivity index (χ0v) is 13.4. The molecule has 4 heteroatoms. The van der Waals surface area contributed by atoms with Crippen LogP contribution >= 0.6 is 21.4 Å². The third kappa shape index (κ3) is 2.79. The molecular formula is C15H20O2S2. The number of esters is 1. The van der Waals surface area contributed by atoms with Crippen molar-refractivity contribution in [2.45, 2.75) is 23.3 Å². The third-order valence-electron chi connectivity index (χ3n) is 3.42. The van der Waals surface area contributed by atoms with E-state index in [9.17, 15) is 4.79 Å². The fraction of sp³-hybridized carbons (Fsp3) is 0.400. The summed E-state index contributed by atoms with van der Waals surface area (Å²) >= 11 is 1.80. The summed E-state index contributed by atoms with van der Waals surface area (Å²) in [6.07, 6.45) is 4.39. The van der Waals surface area contributed by atoms with Crippen LogP contribution in [0.25, 0.3) is 10.1 Å². The van der Waals surface area contributed by atoms with E-state index in [-0.39, 0.29) is 11.2 Å². The van der Waals surface area contributed by atoms with Gasteiger partial charge in [-0.15, -0.1) is 11.3 Å². The molecule has 0 saturated heterocycles. The summed E-state index contributed by atoms with van der Waals surface area (Å²) in [5.74, 6) is -0.0834. The Bertz CT molecular complexity index is 554. The number of ether oxygens (including phenoxy) is 1. The Morgan fingerprint density at radius 3 is 2.68 bits per heavy atom. The van der Waals surface area contributed by atoms with Crippen molar-refractivity contribution < 1.29 is 9.53 Å². The van der Waals surface area contributed by atoms with E-state index in [0.717, 1.165) is 0 Å². The second kappa shape index (κ2) is 5.55. The number of benzene rings is 1. The highest BCUT2D eigenvalue weighted by Gasteiger charge is 2.31. The Morgan fingerprint density at radius 2 is 2.05 bits per heavy atom. The Morgan fingerprint density at radius 1 is 1.37 bits per heavy atom. The molecule has 0 spiro atoms. The minimum Gasteiger partial charge on any atom is -0.465 e. The lowest BCUT2D eigenvalue weighted by atomic mass is 10.3. The van der Waals surface area contributed by atoms with Crippen LogP contribution in [0, 0.1) is 0 Å². The standard InChI is InChI=1S/C15H20O2S2/c1-5-17-15(16)11(2)19(3,4)14-10-12-8-6-7-9-13(12)18-14/h6-11H,5H2,1-4H3. The lowest BCUT2D eigenvalue weighted by Gasteiger charge is -2.34. The summed E-state index contributed by atoms with van der Waals surface area (Å²) in [6.45, 7) is 4.29. The van der Waals surface area contributed by atoms with Crippen LogP contribution in [0.1, 0.15) is 13.8 Å². The van der Waals surface area contributed by atoms with Crippen LogP contribution in [-0.2, 0) is 9.53 Å². The van der Waals surface area contributed by atoms with E-state index < -0.39 is 10.0 Å². The smallest absolute Gasteiger partial charge is 0.317 e. The molecule has 1 unspecified atom stereocenters. The minimum absolute atomic E-state index is 0.0690. The van der Waals surface area contributed by atoms with E-state index in [1.54, 1.807) is 11.3 Å². The van der Waals surface area contributed by atoms with Gasteiger partial charge in [-0.3, -0.25) is 4.79 Å². The van der Waals surface area contributed by atoms with Crippen LogP contribution in [0.3, 0.4) is 0 Å². The number of rotatable bonds is 4. The van der Waals surface area contributed by atoms with Gasteiger partial charge >= 0.3 is 5.97 Å². The largest absolute Gasteiger partial charge is 0.465 e. The van der Waals surface area contributed by atoms with Crippen LogP contribution in [-0.4, -0.2) is 30.3 Å². The monoisotopic (exact) mass is 296 g/mol. The molecule has 19 heavy (non-hydrogen) atoms. The molecule has 1 aromatic heterocycles. The number of carbonyl (C=O) groups excluding carboxylic acids is 1. The van der Waals surface area contributed by atoms with Gasteiger partial charge in [-0.2, -0.15) is 10.0 Å². The van der Waals surface area contributed by atoms with Gasteiger partial charge in [-0.1, -0.05) is 18.2 Å². The number of carbonyl (C=O) groups is 1. The van der Waals surface area contributed by atoms with Crippen molar-refractivity contribution in [2.75, 3.05) is 19.1 Å². The minimum atomic E-state index is -1.18. The maximum Gasteiger partial charge on any atom is 0.317 e. The fourth-order valence-corrected chi connectivity index (χ4v) is 5.58. The summed E-state index contributed by atoms with van der Waals surface area (Å²) in [5.41, 5.74) is 0. The van der Waals surface area contributed by atoms with E-state index in [1.807, 2.05) is 13.8 Å². The predicted molar refractivity (Wildman–Crippen MR) is 85.6 cm³/mol. The number of fused-ring (bicyclic) bond motifs is 1. The van der Waals surface area contributed by atoms with E-state index in [0.29, 0.717) is 6.61 Å². The first-order valence-electron chi connectivity index (χ1n) is 6.34. The molecule has 0 radical (unpaired) electrons. The summed E-state index contributed by atoms with van der Waals surface area (Å²) in [6, 6.07) is 10.6. The van der Waals surface area contributed by atoms with Gasteiger partial charge in [0.2, 0.25) is 0 Å². The van der Waals surface area contributed by atoms with Gasteiger partial charge in [0.05, 0.1) is 11.9 Å². The average molecular weight is 296 g/mol. The first-order chi connectivity index (χ1) is 8.96. The summed E-state index contributed by atoms with van der Waals surface area (Å²) in [5, 5.41) is 1.19. The molecule has 0 aliphatic rings.